The van der Waals surface area contributed by atoms with Crippen molar-refractivity contribution in [2.75, 3.05) is 0 Å². The van der Waals surface area contributed by atoms with Gasteiger partial charge in [0, 0.05) is 34.1 Å². The van der Waals surface area contributed by atoms with E-state index < -0.39 is 0 Å². The van der Waals surface area contributed by atoms with Crippen molar-refractivity contribution < 1.29 is 0 Å². The minimum absolute atomic E-state index is 0.566. The molecule has 0 spiro atoms. The van der Waals surface area contributed by atoms with Crippen molar-refractivity contribution in [3.8, 4) is 33.9 Å². The summed E-state index contributed by atoms with van der Waals surface area (Å²) < 4.78 is 0. The molecular weight excluding hydrogens is 473 g/mol. The molecule has 0 amide bonds. The van der Waals surface area contributed by atoms with Crippen LogP contribution in [0, 0.1) is 0 Å². The molecule has 0 N–H and O–H groups in total. The molecule has 2 aromatic carbocycles. The number of thiol groups is 4. The summed E-state index contributed by atoms with van der Waals surface area (Å²) in [4.78, 5) is 18.4. The van der Waals surface area contributed by atoms with Crippen molar-refractivity contribution in [3.63, 3.8) is 0 Å². The molecule has 0 aliphatic heterocycles. The number of hydrogen-bond donors (Lipinski definition) is 4. The molecule has 0 fully saturated rings. The molecule has 0 aliphatic rings. The van der Waals surface area contributed by atoms with Crippen LogP contribution in [0.1, 0.15) is 22.8 Å². The number of rotatable bonds is 7. The molecule has 2 aromatic heterocycles. The SMILES string of the molecule is SCc1cc(CS)nc(-c2ccc(-c3ccc(-c4nc(CS)cc(CS)n4)cc3)cc2)n1. The first-order chi connectivity index (χ1) is 15.6. The molecule has 162 valence electrons. The third kappa shape index (κ3) is 5.31. The second kappa shape index (κ2) is 10.7. The van der Waals surface area contributed by atoms with E-state index in [9.17, 15) is 0 Å². The second-order valence-electron chi connectivity index (χ2n) is 7.14. The van der Waals surface area contributed by atoms with E-state index in [2.05, 4.69) is 94.7 Å². The Balaban J connectivity index is 1.59. The fourth-order valence-electron chi connectivity index (χ4n) is 3.31. The van der Waals surface area contributed by atoms with Crippen molar-refractivity contribution in [2.45, 2.75) is 23.0 Å². The van der Waals surface area contributed by atoms with Crippen LogP contribution in [0.3, 0.4) is 0 Å². The van der Waals surface area contributed by atoms with Gasteiger partial charge in [-0.05, 0) is 23.3 Å². The van der Waals surface area contributed by atoms with Gasteiger partial charge in [-0.25, -0.2) is 19.9 Å². The van der Waals surface area contributed by atoms with E-state index in [1.54, 1.807) is 0 Å². The van der Waals surface area contributed by atoms with Gasteiger partial charge in [0.05, 0.1) is 22.8 Å². The lowest BCUT2D eigenvalue weighted by atomic mass is 10.0. The standard InChI is InChI=1S/C24H22N4S4/c29-11-19-9-20(12-30)26-23(25-19)17-5-1-15(2-6-17)16-3-7-18(8-4-16)24-27-21(13-31)10-22(14-32)28-24/h1-10,29-32H,11-14H2. The Hall–Kier alpha value is -2.00. The van der Waals surface area contributed by atoms with Gasteiger partial charge in [0.1, 0.15) is 0 Å². The van der Waals surface area contributed by atoms with Gasteiger partial charge in [-0.2, -0.15) is 50.5 Å². The molecule has 4 aromatic rings. The van der Waals surface area contributed by atoms with Crippen LogP contribution in [0.25, 0.3) is 33.9 Å². The minimum atomic E-state index is 0.566. The third-order valence-corrected chi connectivity index (χ3v) is 6.23. The van der Waals surface area contributed by atoms with Crippen LogP contribution in [-0.2, 0) is 23.0 Å². The average molecular weight is 495 g/mol. The van der Waals surface area contributed by atoms with Crippen molar-refractivity contribution in [3.05, 3.63) is 83.4 Å². The quantitative estimate of drug-likeness (QED) is 0.239. The fourth-order valence-corrected chi connectivity index (χ4v) is 3.96. The molecule has 0 radical (unpaired) electrons. The Morgan fingerprint density at radius 1 is 0.406 bits per heavy atom. The maximum absolute atomic E-state index is 4.60. The van der Waals surface area contributed by atoms with Crippen LogP contribution in [0.15, 0.2) is 60.7 Å². The average Bonchev–Trinajstić information content (AvgIpc) is 2.88. The van der Waals surface area contributed by atoms with Crippen molar-refractivity contribution in [2.24, 2.45) is 0 Å². The molecule has 0 saturated heterocycles. The number of benzene rings is 2. The maximum Gasteiger partial charge on any atom is 0.159 e. The molecule has 0 unspecified atom stereocenters. The monoisotopic (exact) mass is 494 g/mol. The largest absolute Gasteiger partial charge is 0.232 e. The number of aromatic nitrogens is 4. The van der Waals surface area contributed by atoms with Crippen molar-refractivity contribution in [1.29, 1.82) is 0 Å². The lowest BCUT2D eigenvalue weighted by molar-refractivity contribution is 1.05. The Bertz CT molecular complexity index is 1070. The van der Waals surface area contributed by atoms with Gasteiger partial charge in [0.25, 0.3) is 0 Å². The van der Waals surface area contributed by atoms with E-state index in [0.29, 0.717) is 34.7 Å². The second-order valence-corrected chi connectivity index (χ2v) is 8.40. The Morgan fingerprint density at radius 3 is 0.906 bits per heavy atom. The number of hydrogen-bond acceptors (Lipinski definition) is 8. The Morgan fingerprint density at radius 2 is 0.656 bits per heavy atom. The smallest absolute Gasteiger partial charge is 0.159 e. The van der Waals surface area contributed by atoms with E-state index in [-0.39, 0.29) is 0 Å². The van der Waals surface area contributed by atoms with Crippen molar-refractivity contribution in [1.82, 2.24) is 19.9 Å². The molecule has 8 heteroatoms. The van der Waals surface area contributed by atoms with Crippen LogP contribution < -0.4 is 0 Å². The molecular formula is C24H22N4S4. The lowest BCUT2D eigenvalue weighted by Gasteiger charge is -2.08. The molecule has 2 heterocycles. The van der Waals surface area contributed by atoms with E-state index in [1.807, 2.05) is 36.4 Å². The van der Waals surface area contributed by atoms with Crippen LogP contribution >= 0.6 is 50.5 Å². The van der Waals surface area contributed by atoms with Gasteiger partial charge in [-0.1, -0.05) is 48.5 Å². The summed E-state index contributed by atoms with van der Waals surface area (Å²) in [6.45, 7) is 0. The third-order valence-electron chi connectivity index (χ3n) is 4.93. The normalized spacial score (nSPS) is 11.0. The van der Waals surface area contributed by atoms with Gasteiger partial charge < -0.3 is 0 Å². The van der Waals surface area contributed by atoms with Gasteiger partial charge in [-0.3, -0.25) is 0 Å². The zero-order chi connectivity index (χ0) is 22.5. The van der Waals surface area contributed by atoms with E-state index in [1.165, 1.54) is 0 Å². The summed E-state index contributed by atoms with van der Waals surface area (Å²) in [6.07, 6.45) is 0. The summed E-state index contributed by atoms with van der Waals surface area (Å²) in [5.74, 6) is 3.66. The highest BCUT2D eigenvalue weighted by molar-refractivity contribution is 7.79. The summed E-state index contributed by atoms with van der Waals surface area (Å²) in [5, 5.41) is 0. The predicted molar refractivity (Wildman–Crippen MR) is 145 cm³/mol. The highest BCUT2D eigenvalue weighted by atomic mass is 32.1. The molecule has 4 nitrogen and oxygen atoms in total. The van der Waals surface area contributed by atoms with E-state index in [0.717, 1.165) is 45.0 Å². The number of nitrogens with zero attached hydrogens (tertiary/aromatic N) is 4. The predicted octanol–water partition coefficient (Wildman–Crippen LogP) is 5.99. The minimum Gasteiger partial charge on any atom is -0.232 e. The molecule has 4 rings (SSSR count). The first-order valence-electron chi connectivity index (χ1n) is 10.0. The van der Waals surface area contributed by atoms with Crippen molar-refractivity contribution >= 4 is 50.5 Å². The molecule has 0 bridgehead atoms. The van der Waals surface area contributed by atoms with Crippen LogP contribution in [0.2, 0.25) is 0 Å². The highest BCUT2D eigenvalue weighted by Gasteiger charge is 2.09. The summed E-state index contributed by atoms with van der Waals surface area (Å²) in [6, 6.07) is 20.4. The molecule has 0 atom stereocenters. The maximum atomic E-state index is 4.60. The molecule has 0 saturated carbocycles. The van der Waals surface area contributed by atoms with Gasteiger partial charge in [0.2, 0.25) is 0 Å². The Kier molecular flexibility index (Phi) is 7.78. The van der Waals surface area contributed by atoms with E-state index in [4.69, 9.17) is 0 Å². The lowest BCUT2D eigenvalue weighted by Crippen LogP contribution is -1.98. The first kappa shape index (κ1) is 23.2. The first-order valence-corrected chi connectivity index (χ1v) is 12.5. The van der Waals surface area contributed by atoms with Crippen LogP contribution in [0.5, 0.6) is 0 Å². The van der Waals surface area contributed by atoms with Crippen LogP contribution in [0.4, 0.5) is 0 Å². The van der Waals surface area contributed by atoms with E-state index >= 15 is 0 Å². The highest BCUT2D eigenvalue weighted by Crippen LogP contribution is 2.26. The topological polar surface area (TPSA) is 51.6 Å². The zero-order valence-corrected chi connectivity index (χ0v) is 20.8. The molecule has 0 aliphatic carbocycles. The zero-order valence-electron chi connectivity index (χ0n) is 17.2. The molecule has 32 heavy (non-hydrogen) atoms. The summed E-state index contributed by atoms with van der Waals surface area (Å²) in [5.41, 5.74) is 7.74. The Labute approximate surface area is 210 Å². The summed E-state index contributed by atoms with van der Waals surface area (Å²) >= 11 is 17.4. The van der Waals surface area contributed by atoms with Gasteiger partial charge >= 0.3 is 0 Å². The summed E-state index contributed by atoms with van der Waals surface area (Å²) in [7, 11) is 0. The van der Waals surface area contributed by atoms with Gasteiger partial charge in [0.15, 0.2) is 11.6 Å². The van der Waals surface area contributed by atoms with Gasteiger partial charge in [-0.15, -0.1) is 0 Å². The van der Waals surface area contributed by atoms with Crippen LogP contribution in [-0.4, -0.2) is 19.9 Å². The fraction of sp³-hybridized carbons (Fsp3) is 0.167.